The molecule has 34 heavy (non-hydrogen) atoms. The Bertz CT molecular complexity index is 1280. The van der Waals surface area contributed by atoms with Crippen molar-refractivity contribution in [2.24, 2.45) is 0 Å². The molecule has 3 aromatic carbocycles. The number of hydrogen-bond donors (Lipinski definition) is 3. The van der Waals surface area contributed by atoms with Crippen molar-refractivity contribution in [2.75, 3.05) is 11.8 Å². The number of halogens is 1. The zero-order chi connectivity index (χ0) is 24.7. The Labute approximate surface area is 195 Å². The Kier molecular flexibility index (Phi) is 7.69. The normalized spacial score (nSPS) is 11.7. The maximum absolute atomic E-state index is 13.6. The molecular formula is C23H22FN3O6S. The molecule has 0 spiro atoms. The van der Waals surface area contributed by atoms with Gasteiger partial charge in [-0.15, -0.1) is 0 Å². The van der Waals surface area contributed by atoms with Crippen LogP contribution >= 0.6 is 0 Å². The molecule has 0 aliphatic carbocycles. The van der Waals surface area contributed by atoms with Crippen LogP contribution in [0.2, 0.25) is 0 Å². The summed E-state index contributed by atoms with van der Waals surface area (Å²) in [5.74, 6) is -1.77. The first-order valence-corrected chi connectivity index (χ1v) is 11.5. The van der Waals surface area contributed by atoms with E-state index in [-0.39, 0.29) is 21.9 Å². The Hall–Kier alpha value is -4.12. The highest BCUT2D eigenvalue weighted by molar-refractivity contribution is 7.92. The molecule has 0 aliphatic rings. The molecule has 9 nitrogen and oxygen atoms in total. The summed E-state index contributed by atoms with van der Waals surface area (Å²) in [6.07, 6.45) is -1.09. The zero-order valence-electron chi connectivity index (χ0n) is 18.2. The Morgan fingerprint density at radius 1 is 0.882 bits per heavy atom. The lowest BCUT2D eigenvalue weighted by Gasteiger charge is -2.15. The van der Waals surface area contributed by atoms with Crippen LogP contribution in [0.1, 0.15) is 17.3 Å². The first-order chi connectivity index (χ1) is 16.2. The van der Waals surface area contributed by atoms with Gasteiger partial charge in [-0.05, 0) is 55.5 Å². The number of hydrazine groups is 1. The molecule has 0 radical (unpaired) electrons. The summed E-state index contributed by atoms with van der Waals surface area (Å²) in [6.45, 7) is 1.39. The van der Waals surface area contributed by atoms with Gasteiger partial charge < -0.3 is 9.47 Å². The van der Waals surface area contributed by atoms with Gasteiger partial charge in [0.25, 0.3) is 21.8 Å². The van der Waals surface area contributed by atoms with Crippen LogP contribution < -0.4 is 25.0 Å². The number of hydrogen-bond acceptors (Lipinski definition) is 6. The highest BCUT2D eigenvalue weighted by Crippen LogP contribution is 2.26. The summed E-state index contributed by atoms with van der Waals surface area (Å²) in [5.41, 5.74) is 4.74. The van der Waals surface area contributed by atoms with E-state index in [1.807, 2.05) is 0 Å². The van der Waals surface area contributed by atoms with Crippen LogP contribution in [0.15, 0.2) is 77.7 Å². The van der Waals surface area contributed by atoms with E-state index in [0.717, 1.165) is 0 Å². The lowest BCUT2D eigenvalue weighted by molar-refractivity contribution is -0.128. The summed E-state index contributed by atoms with van der Waals surface area (Å²) in [6, 6.07) is 17.2. The van der Waals surface area contributed by atoms with E-state index in [2.05, 4.69) is 15.6 Å². The van der Waals surface area contributed by atoms with Crippen molar-refractivity contribution < 1.29 is 31.9 Å². The molecule has 0 aromatic heterocycles. The SMILES string of the molecule is COc1ccccc1NS(=O)(=O)c1ccc(C(=O)NNC(=O)C(C)Oc2ccccc2F)cc1. The van der Waals surface area contributed by atoms with Crippen molar-refractivity contribution in [3.63, 3.8) is 0 Å². The zero-order valence-corrected chi connectivity index (χ0v) is 19.1. The van der Waals surface area contributed by atoms with Crippen molar-refractivity contribution >= 4 is 27.5 Å². The quantitative estimate of drug-likeness (QED) is 0.420. The van der Waals surface area contributed by atoms with Crippen molar-refractivity contribution in [1.82, 2.24) is 10.9 Å². The van der Waals surface area contributed by atoms with Gasteiger partial charge in [0.2, 0.25) is 0 Å². The molecule has 11 heteroatoms. The predicted octanol–water partition coefficient (Wildman–Crippen LogP) is 2.86. The lowest BCUT2D eigenvalue weighted by Crippen LogP contribution is -2.47. The van der Waals surface area contributed by atoms with Crippen LogP contribution in [-0.2, 0) is 14.8 Å². The molecular weight excluding hydrogens is 465 g/mol. The molecule has 178 valence electrons. The van der Waals surface area contributed by atoms with Gasteiger partial charge in [0.1, 0.15) is 5.75 Å². The summed E-state index contributed by atoms with van der Waals surface area (Å²) in [7, 11) is -2.51. The standard InChI is InChI=1S/C23H22FN3O6S/c1-15(33-20-9-5-3-7-18(20)24)22(28)25-26-23(29)16-11-13-17(14-12-16)34(30,31)27-19-8-4-6-10-21(19)32-2/h3-15,27H,1-2H3,(H,25,28)(H,26,29). The predicted molar refractivity (Wildman–Crippen MR) is 122 cm³/mol. The minimum absolute atomic E-state index is 0.0779. The fraction of sp³-hybridized carbons (Fsp3) is 0.130. The van der Waals surface area contributed by atoms with Crippen LogP contribution in [0, 0.1) is 5.82 Å². The van der Waals surface area contributed by atoms with Gasteiger partial charge in [-0.2, -0.15) is 0 Å². The van der Waals surface area contributed by atoms with E-state index in [4.69, 9.17) is 9.47 Å². The number of benzene rings is 3. The largest absolute Gasteiger partial charge is 0.495 e. The first-order valence-electron chi connectivity index (χ1n) is 9.98. The van der Waals surface area contributed by atoms with Crippen molar-refractivity contribution in [3.05, 3.63) is 84.2 Å². The van der Waals surface area contributed by atoms with Crippen molar-refractivity contribution in [1.29, 1.82) is 0 Å². The highest BCUT2D eigenvalue weighted by atomic mass is 32.2. The fourth-order valence-electron chi connectivity index (χ4n) is 2.79. The number of sulfonamides is 1. The van der Waals surface area contributed by atoms with Crippen LogP contribution in [0.5, 0.6) is 11.5 Å². The second kappa shape index (κ2) is 10.7. The molecule has 3 aromatic rings. The molecule has 1 atom stereocenters. The third kappa shape index (κ3) is 6.01. The number of carbonyl (C=O) groups excluding carboxylic acids is 2. The van der Waals surface area contributed by atoms with Crippen molar-refractivity contribution in [3.8, 4) is 11.5 Å². The van der Waals surface area contributed by atoms with Crippen LogP contribution in [0.4, 0.5) is 10.1 Å². The average molecular weight is 488 g/mol. The molecule has 0 heterocycles. The molecule has 3 N–H and O–H groups in total. The number of amides is 2. The maximum Gasteiger partial charge on any atom is 0.279 e. The first kappa shape index (κ1) is 24.5. The highest BCUT2D eigenvalue weighted by Gasteiger charge is 2.19. The van der Waals surface area contributed by atoms with Gasteiger partial charge in [-0.25, -0.2) is 12.8 Å². The van der Waals surface area contributed by atoms with E-state index >= 15 is 0 Å². The molecule has 0 aliphatic heterocycles. The number of anilines is 1. The number of methoxy groups -OCH3 is 1. The average Bonchev–Trinajstić information content (AvgIpc) is 2.83. The van der Waals surface area contributed by atoms with E-state index < -0.39 is 33.8 Å². The number of para-hydroxylation sites is 3. The fourth-order valence-corrected chi connectivity index (χ4v) is 3.86. The van der Waals surface area contributed by atoms with E-state index in [9.17, 15) is 22.4 Å². The second-order valence-electron chi connectivity index (χ2n) is 6.96. The van der Waals surface area contributed by atoms with Crippen molar-refractivity contribution in [2.45, 2.75) is 17.9 Å². The Morgan fingerprint density at radius 3 is 2.15 bits per heavy atom. The smallest absolute Gasteiger partial charge is 0.279 e. The lowest BCUT2D eigenvalue weighted by atomic mass is 10.2. The molecule has 0 saturated carbocycles. The number of ether oxygens (including phenoxy) is 2. The van der Waals surface area contributed by atoms with Crippen LogP contribution in [0.25, 0.3) is 0 Å². The third-order valence-corrected chi connectivity index (χ3v) is 5.97. The van der Waals surface area contributed by atoms with Gasteiger partial charge in [0, 0.05) is 5.56 Å². The molecule has 1 unspecified atom stereocenters. The minimum atomic E-state index is -3.94. The summed E-state index contributed by atoms with van der Waals surface area (Å²) >= 11 is 0. The Balaban J connectivity index is 1.59. The maximum atomic E-state index is 13.6. The third-order valence-electron chi connectivity index (χ3n) is 4.59. The van der Waals surface area contributed by atoms with Gasteiger partial charge in [-0.1, -0.05) is 24.3 Å². The monoisotopic (exact) mass is 487 g/mol. The van der Waals surface area contributed by atoms with E-state index in [1.54, 1.807) is 30.3 Å². The van der Waals surface area contributed by atoms with Gasteiger partial charge >= 0.3 is 0 Å². The number of carbonyl (C=O) groups is 2. The second-order valence-corrected chi connectivity index (χ2v) is 8.65. The van der Waals surface area contributed by atoms with E-state index in [0.29, 0.717) is 5.75 Å². The van der Waals surface area contributed by atoms with Gasteiger partial charge in [0.05, 0.1) is 17.7 Å². The summed E-state index contributed by atoms with van der Waals surface area (Å²) in [5, 5.41) is 0. The van der Waals surface area contributed by atoms with E-state index in [1.165, 1.54) is 56.5 Å². The topological polar surface area (TPSA) is 123 Å². The van der Waals surface area contributed by atoms with Crippen LogP contribution in [0.3, 0.4) is 0 Å². The minimum Gasteiger partial charge on any atom is -0.495 e. The Morgan fingerprint density at radius 2 is 1.50 bits per heavy atom. The molecule has 0 saturated heterocycles. The molecule has 0 fully saturated rings. The summed E-state index contributed by atoms with van der Waals surface area (Å²) in [4.78, 5) is 24.4. The molecule has 0 bridgehead atoms. The van der Waals surface area contributed by atoms with Gasteiger partial charge in [0.15, 0.2) is 17.7 Å². The molecule has 3 rings (SSSR count). The number of nitrogens with one attached hydrogen (secondary N) is 3. The number of rotatable bonds is 8. The molecule has 2 amide bonds. The van der Waals surface area contributed by atoms with Gasteiger partial charge in [-0.3, -0.25) is 25.2 Å². The summed E-state index contributed by atoms with van der Waals surface area (Å²) < 4.78 is 51.8. The van der Waals surface area contributed by atoms with Crippen LogP contribution in [-0.4, -0.2) is 33.4 Å².